The SMILES string of the molecule is O=C(c1cn(-c2ccccc2Cl)nn1)N1CCN(c2ncc(Cl)cc2Cl)CC1. The predicted molar refractivity (Wildman–Crippen MR) is 109 cm³/mol. The number of halogens is 3. The summed E-state index contributed by atoms with van der Waals surface area (Å²) in [4.78, 5) is 20.8. The first-order valence-electron chi connectivity index (χ1n) is 8.55. The number of rotatable bonds is 3. The average Bonchev–Trinajstić information content (AvgIpc) is 3.18. The van der Waals surface area contributed by atoms with Gasteiger partial charge >= 0.3 is 0 Å². The smallest absolute Gasteiger partial charge is 0.276 e. The summed E-state index contributed by atoms with van der Waals surface area (Å²) < 4.78 is 1.50. The van der Waals surface area contributed by atoms with Crippen molar-refractivity contribution in [3.8, 4) is 5.69 Å². The van der Waals surface area contributed by atoms with Crippen LogP contribution in [0.4, 0.5) is 5.82 Å². The van der Waals surface area contributed by atoms with E-state index in [4.69, 9.17) is 34.8 Å². The van der Waals surface area contributed by atoms with Crippen LogP contribution in [0.1, 0.15) is 10.5 Å². The fraction of sp³-hybridized carbons (Fsp3) is 0.222. The molecule has 1 saturated heterocycles. The highest BCUT2D eigenvalue weighted by Gasteiger charge is 2.26. The van der Waals surface area contributed by atoms with E-state index in [1.165, 1.54) is 4.68 Å². The predicted octanol–water partition coefficient (Wildman–Crippen LogP) is 3.58. The van der Waals surface area contributed by atoms with Crippen molar-refractivity contribution in [3.05, 3.63) is 63.5 Å². The molecule has 0 spiro atoms. The number of carbonyl (C=O) groups is 1. The molecule has 0 N–H and O–H groups in total. The number of carbonyl (C=O) groups excluding carboxylic acids is 1. The lowest BCUT2D eigenvalue weighted by atomic mass is 10.2. The van der Waals surface area contributed by atoms with Crippen molar-refractivity contribution >= 4 is 46.5 Å². The maximum Gasteiger partial charge on any atom is 0.276 e. The Bertz CT molecular complexity index is 1020. The van der Waals surface area contributed by atoms with Crippen LogP contribution in [0.3, 0.4) is 0 Å². The van der Waals surface area contributed by atoms with Crippen LogP contribution < -0.4 is 4.90 Å². The summed E-state index contributed by atoms with van der Waals surface area (Å²) in [5, 5.41) is 9.56. The molecule has 0 unspecified atom stereocenters. The van der Waals surface area contributed by atoms with Crippen LogP contribution in [0.15, 0.2) is 42.7 Å². The summed E-state index contributed by atoms with van der Waals surface area (Å²) in [5.74, 6) is 0.496. The van der Waals surface area contributed by atoms with Crippen molar-refractivity contribution in [1.29, 1.82) is 0 Å². The highest BCUT2D eigenvalue weighted by molar-refractivity contribution is 6.36. The largest absolute Gasteiger partial charge is 0.352 e. The van der Waals surface area contributed by atoms with Crippen molar-refractivity contribution in [1.82, 2.24) is 24.9 Å². The van der Waals surface area contributed by atoms with E-state index in [1.54, 1.807) is 29.4 Å². The lowest BCUT2D eigenvalue weighted by molar-refractivity contribution is 0.0740. The second kappa shape index (κ2) is 7.95. The topological polar surface area (TPSA) is 67.2 Å². The van der Waals surface area contributed by atoms with Gasteiger partial charge in [0.1, 0.15) is 5.82 Å². The maximum atomic E-state index is 12.8. The Kier molecular flexibility index (Phi) is 5.39. The Hall–Kier alpha value is -2.35. The molecule has 1 amide bonds. The second-order valence-electron chi connectivity index (χ2n) is 6.24. The molecule has 1 aliphatic rings. The molecule has 10 heteroatoms. The number of nitrogens with zero attached hydrogens (tertiary/aromatic N) is 6. The number of hydrogen-bond acceptors (Lipinski definition) is 5. The van der Waals surface area contributed by atoms with E-state index in [0.717, 1.165) is 0 Å². The van der Waals surface area contributed by atoms with Gasteiger partial charge in [-0.25, -0.2) is 9.67 Å². The van der Waals surface area contributed by atoms with E-state index >= 15 is 0 Å². The van der Waals surface area contributed by atoms with Gasteiger partial charge in [0, 0.05) is 32.4 Å². The molecule has 1 aromatic carbocycles. The third kappa shape index (κ3) is 3.78. The minimum Gasteiger partial charge on any atom is -0.352 e. The van der Waals surface area contributed by atoms with Crippen molar-refractivity contribution in [3.63, 3.8) is 0 Å². The zero-order valence-corrected chi connectivity index (χ0v) is 16.9. The van der Waals surface area contributed by atoms with Crippen molar-refractivity contribution in [2.24, 2.45) is 0 Å². The molecule has 0 bridgehead atoms. The van der Waals surface area contributed by atoms with E-state index in [1.807, 2.05) is 23.1 Å². The highest BCUT2D eigenvalue weighted by Crippen LogP contribution is 2.27. The number of hydrogen-bond donors (Lipinski definition) is 0. The molecule has 1 aliphatic heterocycles. The Morgan fingerprint density at radius 3 is 2.46 bits per heavy atom. The third-order valence-electron chi connectivity index (χ3n) is 4.47. The van der Waals surface area contributed by atoms with Crippen LogP contribution in [0.5, 0.6) is 0 Å². The number of piperazine rings is 1. The molecule has 0 aliphatic carbocycles. The maximum absolute atomic E-state index is 12.8. The molecule has 28 heavy (non-hydrogen) atoms. The molecule has 4 rings (SSSR count). The van der Waals surface area contributed by atoms with Gasteiger partial charge in [0.05, 0.1) is 27.0 Å². The molecule has 144 valence electrons. The molecule has 2 aromatic heterocycles. The Morgan fingerprint density at radius 2 is 1.75 bits per heavy atom. The molecular weight excluding hydrogens is 423 g/mol. The van der Waals surface area contributed by atoms with Gasteiger partial charge < -0.3 is 9.80 Å². The summed E-state index contributed by atoms with van der Waals surface area (Å²) in [5.41, 5.74) is 0.944. The summed E-state index contributed by atoms with van der Waals surface area (Å²) in [6.07, 6.45) is 3.15. The van der Waals surface area contributed by atoms with E-state index in [0.29, 0.717) is 52.8 Å². The fourth-order valence-corrected chi connectivity index (χ4v) is 3.76. The molecule has 0 radical (unpaired) electrons. The zero-order chi connectivity index (χ0) is 19.7. The summed E-state index contributed by atoms with van der Waals surface area (Å²) >= 11 is 18.3. The number of pyridine rings is 1. The monoisotopic (exact) mass is 436 g/mol. The molecular formula is C18H15Cl3N6O. The van der Waals surface area contributed by atoms with E-state index in [2.05, 4.69) is 15.3 Å². The molecule has 3 aromatic rings. The van der Waals surface area contributed by atoms with E-state index in [-0.39, 0.29) is 11.6 Å². The van der Waals surface area contributed by atoms with Gasteiger partial charge in [0.15, 0.2) is 5.69 Å². The number of para-hydroxylation sites is 1. The van der Waals surface area contributed by atoms with Gasteiger partial charge in [-0.3, -0.25) is 4.79 Å². The van der Waals surface area contributed by atoms with Crippen LogP contribution in [0, 0.1) is 0 Å². The standard InChI is InChI=1S/C18H15Cl3N6O/c19-12-9-14(21)17(22-10-12)25-5-7-26(8-6-25)18(28)15-11-27(24-23-15)16-4-2-1-3-13(16)20/h1-4,9-11H,5-8H2. The number of aromatic nitrogens is 4. The first kappa shape index (κ1) is 19.0. The lowest BCUT2D eigenvalue weighted by Crippen LogP contribution is -2.49. The molecule has 7 nitrogen and oxygen atoms in total. The minimum atomic E-state index is -0.173. The van der Waals surface area contributed by atoms with Crippen molar-refractivity contribution < 1.29 is 4.79 Å². The van der Waals surface area contributed by atoms with Crippen LogP contribution in [0.25, 0.3) is 5.69 Å². The van der Waals surface area contributed by atoms with Crippen LogP contribution >= 0.6 is 34.8 Å². The summed E-state index contributed by atoms with van der Waals surface area (Å²) in [6.45, 7) is 2.27. The lowest BCUT2D eigenvalue weighted by Gasteiger charge is -2.35. The van der Waals surface area contributed by atoms with E-state index < -0.39 is 0 Å². The molecule has 0 atom stereocenters. The quantitative estimate of drug-likeness (QED) is 0.626. The van der Waals surface area contributed by atoms with Gasteiger partial charge in [0.2, 0.25) is 0 Å². The second-order valence-corrected chi connectivity index (χ2v) is 7.49. The van der Waals surface area contributed by atoms with E-state index in [9.17, 15) is 4.79 Å². The molecule has 1 fully saturated rings. The number of anilines is 1. The van der Waals surface area contributed by atoms with Crippen LogP contribution in [0.2, 0.25) is 15.1 Å². The Balaban J connectivity index is 1.44. The first-order valence-corrected chi connectivity index (χ1v) is 9.69. The summed E-state index contributed by atoms with van der Waals surface area (Å²) in [7, 11) is 0. The first-order chi connectivity index (χ1) is 13.5. The van der Waals surface area contributed by atoms with Crippen molar-refractivity contribution in [2.45, 2.75) is 0 Å². The Labute approximate surface area is 176 Å². The molecule has 0 saturated carbocycles. The van der Waals surface area contributed by atoms with Gasteiger partial charge in [-0.1, -0.05) is 52.1 Å². The fourth-order valence-electron chi connectivity index (χ4n) is 3.04. The van der Waals surface area contributed by atoms with Crippen LogP contribution in [-0.4, -0.2) is 57.0 Å². The third-order valence-corrected chi connectivity index (χ3v) is 5.27. The van der Waals surface area contributed by atoms with Gasteiger partial charge in [0.25, 0.3) is 5.91 Å². The molecule has 3 heterocycles. The number of amides is 1. The average molecular weight is 438 g/mol. The summed E-state index contributed by atoms with van der Waals surface area (Å²) in [6, 6.07) is 8.91. The van der Waals surface area contributed by atoms with Gasteiger partial charge in [-0.15, -0.1) is 5.10 Å². The normalized spacial score (nSPS) is 14.4. The van der Waals surface area contributed by atoms with Crippen molar-refractivity contribution in [2.75, 3.05) is 31.1 Å². The van der Waals surface area contributed by atoms with Crippen LogP contribution in [-0.2, 0) is 0 Å². The van der Waals surface area contributed by atoms with Gasteiger partial charge in [-0.2, -0.15) is 0 Å². The van der Waals surface area contributed by atoms with Gasteiger partial charge in [-0.05, 0) is 18.2 Å². The number of benzene rings is 1. The highest BCUT2D eigenvalue weighted by atomic mass is 35.5. The Morgan fingerprint density at radius 1 is 1.00 bits per heavy atom. The minimum absolute atomic E-state index is 0.173. The zero-order valence-electron chi connectivity index (χ0n) is 14.6.